The largest absolute Gasteiger partial charge is 0.351 e. The van der Waals surface area contributed by atoms with Gasteiger partial charge in [0.15, 0.2) is 0 Å². The second-order valence-corrected chi connectivity index (χ2v) is 4.43. The van der Waals surface area contributed by atoms with Gasteiger partial charge in [0, 0.05) is 6.54 Å². The first kappa shape index (κ1) is 14.2. The molecule has 5 heteroatoms. The number of aryl methyl sites for hydroxylation is 1. The Kier molecular flexibility index (Phi) is 4.85. The molecule has 1 aromatic carbocycles. The first-order chi connectivity index (χ1) is 8.40. The Bertz CT molecular complexity index is 428. The zero-order valence-corrected chi connectivity index (χ0v) is 10.9. The van der Waals surface area contributed by atoms with Crippen molar-refractivity contribution in [3.63, 3.8) is 0 Å². The van der Waals surface area contributed by atoms with Crippen molar-refractivity contribution in [3.8, 4) is 0 Å². The summed E-state index contributed by atoms with van der Waals surface area (Å²) < 4.78 is 0. The maximum absolute atomic E-state index is 11.6. The van der Waals surface area contributed by atoms with Gasteiger partial charge in [-0.2, -0.15) is 0 Å². The molecule has 0 spiro atoms. The summed E-state index contributed by atoms with van der Waals surface area (Å²) in [5, 5.41) is 2.08. The highest BCUT2D eigenvalue weighted by atomic mass is 16.2. The first-order valence-electron chi connectivity index (χ1n) is 5.76. The Balaban J connectivity index is 2.59. The van der Waals surface area contributed by atoms with E-state index in [1.54, 1.807) is 6.92 Å². The molecular formula is C13H19N3O2. The fourth-order valence-electron chi connectivity index (χ4n) is 1.54. The number of hydrogen-bond acceptors (Lipinski definition) is 3. The van der Waals surface area contributed by atoms with Crippen molar-refractivity contribution in [3.05, 3.63) is 35.4 Å². The third-order valence-corrected chi connectivity index (χ3v) is 2.84. The molecule has 0 bridgehead atoms. The summed E-state index contributed by atoms with van der Waals surface area (Å²) in [5.41, 5.74) is 7.22. The molecule has 0 aliphatic heterocycles. The van der Waals surface area contributed by atoms with E-state index in [-0.39, 0.29) is 0 Å². The Labute approximate surface area is 107 Å². The molecule has 0 saturated carbocycles. The van der Waals surface area contributed by atoms with E-state index in [4.69, 9.17) is 5.73 Å². The van der Waals surface area contributed by atoms with Crippen molar-refractivity contribution >= 4 is 11.9 Å². The van der Waals surface area contributed by atoms with Gasteiger partial charge in [0.05, 0.1) is 6.04 Å². The van der Waals surface area contributed by atoms with Crippen LogP contribution in [0.5, 0.6) is 0 Å². The molecule has 1 atom stereocenters. The summed E-state index contributed by atoms with van der Waals surface area (Å²) in [5.74, 6) is -0.392. The number of nitrogens with two attached hydrogens (primary N) is 1. The molecule has 3 N–H and O–H groups in total. The zero-order valence-electron chi connectivity index (χ0n) is 10.9. The van der Waals surface area contributed by atoms with E-state index >= 15 is 0 Å². The minimum atomic E-state index is -0.824. The molecule has 1 rings (SSSR count). The molecule has 0 aliphatic rings. The second-order valence-electron chi connectivity index (χ2n) is 4.43. The Hall–Kier alpha value is -1.88. The highest BCUT2D eigenvalue weighted by Gasteiger charge is 2.19. The third-order valence-electron chi connectivity index (χ3n) is 2.84. The number of nitrogens with zero attached hydrogens (tertiary/aromatic N) is 1. The van der Waals surface area contributed by atoms with E-state index in [0.29, 0.717) is 6.54 Å². The first-order valence-corrected chi connectivity index (χ1v) is 5.76. The maximum atomic E-state index is 11.6. The number of carbonyl (C=O) groups excluding carboxylic acids is 2. The number of primary amides is 1. The quantitative estimate of drug-likeness (QED) is 0.836. The Morgan fingerprint density at radius 2 is 1.89 bits per heavy atom. The number of likely N-dealkylation sites (N-methyl/N-ethyl adjacent to an activating group) is 1. The monoisotopic (exact) mass is 249 g/mol. The number of imide groups is 1. The molecule has 18 heavy (non-hydrogen) atoms. The number of rotatable bonds is 4. The number of hydrogen-bond donors (Lipinski definition) is 2. The van der Waals surface area contributed by atoms with Crippen molar-refractivity contribution in [1.29, 1.82) is 0 Å². The van der Waals surface area contributed by atoms with Gasteiger partial charge in [-0.15, -0.1) is 0 Å². The van der Waals surface area contributed by atoms with Crippen molar-refractivity contribution < 1.29 is 9.59 Å². The lowest BCUT2D eigenvalue weighted by Crippen LogP contribution is -2.46. The van der Waals surface area contributed by atoms with Crippen LogP contribution in [0.1, 0.15) is 18.1 Å². The molecule has 0 unspecified atom stereocenters. The van der Waals surface area contributed by atoms with Gasteiger partial charge in [0.2, 0.25) is 5.91 Å². The van der Waals surface area contributed by atoms with Crippen molar-refractivity contribution in [1.82, 2.24) is 10.2 Å². The predicted molar refractivity (Wildman–Crippen MR) is 69.8 cm³/mol. The summed E-state index contributed by atoms with van der Waals surface area (Å²) in [4.78, 5) is 24.0. The van der Waals surface area contributed by atoms with Gasteiger partial charge in [0.25, 0.3) is 0 Å². The summed E-state index contributed by atoms with van der Waals surface area (Å²) in [6.45, 7) is 4.39. The number of benzene rings is 1. The number of amides is 3. The van der Waals surface area contributed by atoms with Crippen LogP contribution in [0.15, 0.2) is 24.3 Å². The van der Waals surface area contributed by atoms with Crippen LogP contribution < -0.4 is 11.1 Å². The van der Waals surface area contributed by atoms with E-state index in [1.165, 1.54) is 5.56 Å². The van der Waals surface area contributed by atoms with Gasteiger partial charge in [-0.1, -0.05) is 29.8 Å². The maximum Gasteiger partial charge on any atom is 0.318 e. The van der Waals surface area contributed by atoms with Crippen molar-refractivity contribution in [2.24, 2.45) is 5.73 Å². The van der Waals surface area contributed by atoms with Crippen LogP contribution in [0.2, 0.25) is 0 Å². The topological polar surface area (TPSA) is 75.4 Å². The van der Waals surface area contributed by atoms with Gasteiger partial charge in [-0.05, 0) is 26.5 Å². The summed E-state index contributed by atoms with van der Waals surface area (Å²) in [7, 11) is 1.82. The van der Waals surface area contributed by atoms with E-state index in [0.717, 1.165) is 5.56 Å². The van der Waals surface area contributed by atoms with Gasteiger partial charge < -0.3 is 5.73 Å². The summed E-state index contributed by atoms with van der Waals surface area (Å²) in [6, 6.07) is 6.85. The third kappa shape index (κ3) is 4.18. The molecule has 1 aromatic rings. The zero-order chi connectivity index (χ0) is 13.7. The minimum Gasteiger partial charge on any atom is -0.351 e. The molecule has 5 nitrogen and oxygen atoms in total. The van der Waals surface area contributed by atoms with Crippen LogP contribution in [0.25, 0.3) is 0 Å². The van der Waals surface area contributed by atoms with Crippen LogP contribution in [-0.4, -0.2) is 29.9 Å². The number of nitrogens with one attached hydrogen (secondary N) is 1. The molecule has 0 aromatic heterocycles. The van der Waals surface area contributed by atoms with Gasteiger partial charge in [-0.25, -0.2) is 4.79 Å². The fourth-order valence-corrected chi connectivity index (χ4v) is 1.54. The lowest BCUT2D eigenvalue weighted by Gasteiger charge is -2.23. The minimum absolute atomic E-state index is 0.392. The number of urea groups is 1. The Morgan fingerprint density at radius 3 is 2.39 bits per heavy atom. The van der Waals surface area contributed by atoms with E-state index < -0.39 is 18.0 Å². The van der Waals surface area contributed by atoms with Crippen molar-refractivity contribution in [2.45, 2.75) is 26.4 Å². The van der Waals surface area contributed by atoms with Crippen LogP contribution in [0.3, 0.4) is 0 Å². The smallest absolute Gasteiger partial charge is 0.318 e. The fraction of sp³-hybridized carbons (Fsp3) is 0.385. The summed E-state index contributed by atoms with van der Waals surface area (Å²) in [6.07, 6.45) is 0. The van der Waals surface area contributed by atoms with Gasteiger partial charge >= 0.3 is 6.03 Å². The van der Waals surface area contributed by atoms with Crippen LogP contribution in [0.4, 0.5) is 4.79 Å². The van der Waals surface area contributed by atoms with Crippen molar-refractivity contribution in [2.75, 3.05) is 7.05 Å². The molecular weight excluding hydrogens is 230 g/mol. The standard InChI is InChI=1S/C13H19N3O2/c1-9-4-6-11(7-5-9)8-16(3)10(2)12(17)15-13(14)18/h4-7,10H,8H2,1-3H3,(H3,14,15,17,18)/t10-/m1/s1. The molecule has 0 radical (unpaired) electrons. The molecule has 0 aliphatic carbocycles. The molecule has 3 amide bonds. The van der Waals surface area contributed by atoms with Crippen LogP contribution in [-0.2, 0) is 11.3 Å². The van der Waals surface area contributed by atoms with E-state index in [1.807, 2.05) is 43.1 Å². The highest BCUT2D eigenvalue weighted by Crippen LogP contribution is 2.08. The lowest BCUT2D eigenvalue weighted by molar-refractivity contribution is -0.124. The number of carbonyl (C=O) groups is 2. The molecule has 0 fully saturated rings. The van der Waals surface area contributed by atoms with Crippen LogP contribution in [0, 0.1) is 6.92 Å². The van der Waals surface area contributed by atoms with Gasteiger partial charge in [0.1, 0.15) is 0 Å². The van der Waals surface area contributed by atoms with E-state index in [9.17, 15) is 9.59 Å². The van der Waals surface area contributed by atoms with E-state index in [2.05, 4.69) is 5.32 Å². The SMILES string of the molecule is Cc1ccc(CN(C)[C@H](C)C(=O)NC(N)=O)cc1. The van der Waals surface area contributed by atoms with Crippen LogP contribution >= 0.6 is 0 Å². The Morgan fingerprint density at radius 1 is 1.33 bits per heavy atom. The summed E-state index contributed by atoms with van der Waals surface area (Å²) >= 11 is 0. The molecule has 0 heterocycles. The second kappa shape index (κ2) is 6.16. The average Bonchev–Trinajstić information content (AvgIpc) is 2.30. The lowest BCUT2D eigenvalue weighted by atomic mass is 10.1. The molecule has 98 valence electrons. The molecule has 0 saturated heterocycles. The normalized spacial score (nSPS) is 12.2. The highest BCUT2D eigenvalue weighted by molar-refractivity contribution is 5.96. The predicted octanol–water partition coefficient (Wildman–Crippen LogP) is 1.01. The average molecular weight is 249 g/mol. The van der Waals surface area contributed by atoms with Gasteiger partial charge in [-0.3, -0.25) is 15.0 Å².